The average molecular weight is 370 g/mol. The van der Waals surface area contributed by atoms with Gasteiger partial charge in [-0.05, 0) is 54.7 Å². The monoisotopic (exact) mass is 369 g/mol. The molecule has 2 heterocycles. The third kappa shape index (κ3) is 4.15. The summed E-state index contributed by atoms with van der Waals surface area (Å²) in [6.07, 6.45) is 8.92. The Kier molecular flexibility index (Phi) is 6.09. The highest BCUT2D eigenvalue weighted by Gasteiger charge is 2.20. The molecule has 0 fully saturated rings. The van der Waals surface area contributed by atoms with Gasteiger partial charge in [0.05, 0.1) is 11.2 Å². The molecular formula is C21H27N3OS. The summed E-state index contributed by atoms with van der Waals surface area (Å²) < 4.78 is 4.25. The minimum atomic E-state index is -0.189. The lowest BCUT2D eigenvalue weighted by Gasteiger charge is -2.19. The molecule has 0 radical (unpaired) electrons. The van der Waals surface area contributed by atoms with Crippen LogP contribution in [0.5, 0.6) is 0 Å². The maximum absolute atomic E-state index is 13.0. The van der Waals surface area contributed by atoms with Gasteiger partial charge < -0.3 is 14.5 Å². The Morgan fingerprint density at radius 3 is 2.58 bits per heavy atom. The van der Waals surface area contributed by atoms with Crippen molar-refractivity contribution in [3.8, 4) is 0 Å². The lowest BCUT2D eigenvalue weighted by Crippen LogP contribution is -2.26. The van der Waals surface area contributed by atoms with Crippen LogP contribution in [0.15, 0.2) is 55.0 Å². The number of nitrogens with zero attached hydrogens (tertiary/aromatic N) is 2. The number of hydrogen-bond acceptors (Lipinski definition) is 2. The Bertz CT molecular complexity index is 851. The van der Waals surface area contributed by atoms with Crippen molar-refractivity contribution >= 4 is 34.3 Å². The third-order valence-electron chi connectivity index (χ3n) is 4.52. The molecule has 138 valence electrons. The van der Waals surface area contributed by atoms with Gasteiger partial charge in [0.25, 0.3) is 0 Å². The van der Waals surface area contributed by atoms with Gasteiger partial charge in [0, 0.05) is 30.5 Å². The number of nitrogens with one attached hydrogen (secondary N) is 1. The zero-order valence-electron chi connectivity index (χ0n) is 15.7. The van der Waals surface area contributed by atoms with Crippen molar-refractivity contribution in [2.24, 2.45) is 5.92 Å². The summed E-state index contributed by atoms with van der Waals surface area (Å²) in [6.45, 7) is 5.40. The summed E-state index contributed by atoms with van der Waals surface area (Å²) in [5.41, 5.74) is 2.05. The van der Waals surface area contributed by atoms with E-state index in [9.17, 15) is 4.79 Å². The zero-order chi connectivity index (χ0) is 18.5. The van der Waals surface area contributed by atoms with Crippen LogP contribution in [0.1, 0.15) is 26.3 Å². The van der Waals surface area contributed by atoms with Crippen LogP contribution in [-0.4, -0.2) is 27.1 Å². The normalized spacial score (nSPS) is 12.6. The predicted molar refractivity (Wildman–Crippen MR) is 112 cm³/mol. The number of hydrogen-bond donors (Lipinski definition) is 1. The molecule has 0 bridgehead atoms. The molecule has 1 amide bonds. The first-order valence-corrected chi connectivity index (χ1v) is 10.5. The number of rotatable bonds is 8. The van der Waals surface area contributed by atoms with Crippen LogP contribution in [0.25, 0.3) is 10.9 Å². The van der Waals surface area contributed by atoms with Gasteiger partial charge in [0.2, 0.25) is 5.91 Å². The second-order valence-corrected chi connectivity index (χ2v) is 8.00. The molecule has 0 aliphatic heterocycles. The quantitative estimate of drug-likeness (QED) is 0.605. The number of fused-ring (bicyclic) bond motifs is 1. The highest BCUT2D eigenvalue weighted by atomic mass is 32.2. The SMILES string of the molecule is CSCC[C@@H](C(=O)Nc1cccc2c1ccn2CC(C)C)n1cccc1. The topological polar surface area (TPSA) is 39.0 Å². The van der Waals surface area contributed by atoms with E-state index in [1.807, 2.05) is 41.2 Å². The van der Waals surface area contributed by atoms with Crippen molar-refractivity contribution in [3.63, 3.8) is 0 Å². The number of carbonyl (C=O) groups excluding carboxylic acids is 1. The van der Waals surface area contributed by atoms with Crippen molar-refractivity contribution in [3.05, 3.63) is 55.0 Å². The Morgan fingerprint density at radius 1 is 1.12 bits per heavy atom. The van der Waals surface area contributed by atoms with Crippen molar-refractivity contribution in [1.29, 1.82) is 0 Å². The smallest absolute Gasteiger partial charge is 0.247 e. The molecule has 0 spiro atoms. The third-order valence-corrected chi connectivity index (χ3v) is 5.16. The summed E-state index contributed by atoms with van der Waals surface area (Å²) in [7, 11) is 0. The number of anilines is 1. The molecule has 5 heteroatoms. The van der Waals surface area contributed by atoms with Crippen molar-refractivity contribution in [2.75, 3.05) is 17.3 Å². The highest BCUT2D eigenvalue weighted by Crippen LogP contribution is 2.27. The first-order valence-electron chi connectivity index (χ1n) is 9.10. The van der Waals surface area contributed by atoms with E-state index in [0.717, 1.165) is 35.3 Å². The Hall–Kier alpha value is -2.14. The standard InChI is InChI=1S/C21H27N3OS/c1-16(2)15-24-13-9-17-18(7-6-8-19(17)24)22-21(25)20(10-14-26-3)23-11-4-5-12-23/h4-9,11-13,16,20H,10,14-15H2,1-3H3,(H,22,25)/t20-/m0/s1. The number of thioether (sulfide) groups is 1. The van der Waals surface area contributed by atoms with Crippen LogP contribution in [-0.2, 0) is 11.3 Å². The van der Waals surface area contributed by atoms with Gasteiger partial charge >= 0.3 is 0 Å². The zero-order valence-corrected chi connectivity index (χ0v) is 16.5. The molecule has 0 saturated carbocycles. The average Bonchev–Trinajstić information content (AvgIpc) is 3.26. The summed E-state index contributed by atoms with van der Waals surface area (Å²) in [5, 5.41) is 4.26. The van der Waals surface area contributed by atoms with Crippen molar-refractivity contribution < 1.29 is 4.79 Å². The molecule has 0 unspecified atom stereocenters. The second-order valence-electron chi connectivity index (χ2n) is 7.02. The van der Waals surface area contributed by atoms with Crippen LogP contribution in [0.4, 0.5) is 5.69 Å². The van der Waals surface area contributed by atoms with Crippen molar-refractivity contribution in [1.82, 2.24) is 9.13 Å². The van der Waals surface area contributed by atoms with E-state index in [2.05, 4.69) is 48.3 Å². The lowest BCUT2D eigenvalue weighted by molar-refractivity contribution is -0.119. The van der Waals surface area contributed by atoms with E-state index in [1.165, 1.54) is 0 Å². The number of carbonyl (C=O) groups is 1. The molecule has 26 heavy (non-hydrogen) atoms. The fourth-order valence-corrected chi connectivity index (χ4v) is 3.76. The van der Waals surface area contributed by atoms with Gasteiger partial charge in [-0.15, -0.1) is 0 Å². The van der Waals surface area contributed by atoms with Gasteiger partial charge in [-0.2, -0.15) is 11.8 Å². The van der Waals surface area contributed by atoms with E-state index in [4.69, 9.17) is 0 Å². The molecule has 3 rings (SSSR count). The first-order chi connectivity index (χ1) is 12.6. The molecule has 0 aliphatic rings. The summed E-state index contributed by atoms with van der Waals surface area (Å²) in [6, 6.07) is 12.0. The largest absolute Gasteiger partial charge is 0.347 e. The molecule has 2 aromatic heterocycles. The minimum Gasteiger partial charge on any atom is -0.347 e. The highest BCUT2D eigenvalue weighted by molar-refractivity contribution is 7.98. The van der Waals surface area contributed by atoms with Crippen LogP contribution < -0.4 is 5.32 Å². The van der Waals surface area contributed by atoms with E-state index in [1.54, 1.807) is 11.8 Å². The number of benzene rings is 1. The van der Waals surface area contributed by atoms with Crippen LogP contribution >= 0.6 is 11.8 Å². The maximum atomic E-state index is 13.0. The Morgan fingerprint density at radius 2 is 1.88 bits per heavy atom. The molecule has 1 aromatic carbocycles. The molecule has 0 aliphatic carbocycles. The van der Waals surface area contributed by atoms with E-state index in [-0.39, 0.29) is 11.9 Å². The summed E-state index contributed by atoms with van der Waals surface area (Å²) in [4.78, 5) is 13.0. The first kappa shape index (κ1) is 18.6. The van der Waals surface area contributed by atoms with Gasteiger partial charge in [-0.1, -0.05) is 19.9 Å². The van der Waals surface area contributed by atoms with E-state index >= 15 is 0 Å². The molecular weight excluding hydrogens is 342 g/mol. The van der Waals surface area contributed by atoms with Gasteiger partial charge in [0.1, 0.15) is 6.04 Å². The number of amides is 1. The fourth-order valence-electron chi connectivity index (χ4n) is 3.30. The minimum absolute atomic E-state index is 0.0411. The van der Waals surface area contributed by atoms with Crippen LogP contribution in [0.3, 0.4) is 0 Å². The van der Waals surface area contributed by atoms with Crippen molar-refractivity contribution in [2.45, 2.75) is 32.9 Å². The molecule has 4 nitrogen and oxygen atoms in total. The lowest BCUT2D eigenvalue weighted by atomic mass is 10.1. The fraction of sp³-hybridized carbons (Fsp3) is 0.381. The summed E-state index contributed by atoms with van der Waals surface area (Å²) >= 11 is 1.77. The predicted octanol–water partition coefficient (Wildman–Crippen LogP) is 5.03. The Balaban J connectivity index is 1.85. The number of aromatic nitrogens is 2. The van der Waals surface area contributed by atoms with Gasteiger partial charge in [-0.25, -0.2) is 0 Å². The molecule has 1 atom stereocenters. The second kappa shape index (κ2) is 8.49. The maximum Gasteiger partial charge on any atom is 0.247 e. The van der Waals surface area contributed by atoms with E-state index < -0.39 is 0 Å². The van der Waals surface area contributed by atoms with E-state index in [0.29, 0.717) is 5.92 Å². The molecule has 1 N–H and O–H groups in total. The molecule has 3 aromatic rings. The Labute approximate surface area is 159 Å². The van der Waals surface area contributed by atoms with Gasteiger partial charge in [-0.3, -0.25) is 4.79 Å². The summed E-state index contributed by atoms with van der Waals surface area (Å²) in [5.74, 6) is 1.57. The van der Waals surface area contributed by atoms with Gasteiger partial charge in [0.15, 0.2) is 0 Å². The molecule has 0 saturated heterocycles. The van der Waals surface area contributed by atoms with Crippen LogP contribution in [0, 0.1) is 5.92 Å². The van der Waals surface area contributed by atoms with Crippen LogP contribution in [0.2, 0.25) is 0 Å².